The van der Waals surface area contributed by atoms with Crippen molar-refractivity contribution in [3.63, 3.8) is 0 Å². The van der Waals surface area contributed by atoms with Gasteiger partial charge in [0.15, 0.2) is 0 Å². The second-order valence-corrected chi connectivity index (χ2v) is 2.32. The molecule has 0 radical (unpaired) electrons. The fourth-order valence-electron chi connectivity index (χ4n) is 0.149. The molecule has 0 aliphatic heterocycles. The minimum atomic E-state index is 0.799. The Morgan fingerprint density at radius 2 is 2.43 bits per heavy atom. The summed E-state index contributed by atoms with van der Waals surface area (Å²) in [4.78, 5) is 0.799. The molecule has 0 aliphatic rings. The lowest BCUT2D eigenvalue weighted by atomic mass is 10.7. The van der Waals surface area contributed by atoms with Gasteiger partial charge in [0.25, 0.3) is 0 Å². The maximum Gasteiger partial charge on any atom is 0.0761 e. The second kappa shape index (κ2) is 4.52. The number of rotatable bonds is 1. The number of halogens is 1. The molecule has 3 heteroatoms. The molecule has 1 nitrogen and oxygen atoms in total. The lowest BCUT2D eigenvalue weighted by Gasteiger charge is -1.88. The molecule has 0 spiro atoms. The number of hydrogen-bond donors (Lipinski definition) is 1. The zero-order valence-corrected chi connectivity index (χ0v) is 6.91. The van der Waals surface area contributed by atoms with E-state index in [1.54, 1.807) is 6.20 Å². The molecule has 0 saturated carbocycles. The fraction of sp³-hybridized carbons (Fsp3) is 0.250. The van der Waals surface area contributed by atoms with E-state index in [-0.39, 0.29) is 0 Å². The molecule has 0 aromatic carbocycles. The molecule has 40 valence electrons. The first-order chi connectivity index (χ1) is 3.27. The van der Waals surface area contributed by atoms with Crippen molar-refractivity contribution in [2.45, 2.75) is 6.92 Å². The van der Waals surface area contributed by atoms with Crippen molar-refractivity contribution < 1.29 is 0 Å². The van der Waals surface area contributed by atoms with Gasteiger partial charge in [-0.2, -0.15) is 0 Å². The first-order valence-electron chi connectivity index (χ1n) is 1.79. The molecule has 7 heavy (non-hydrogen) atoms. The van der Waals surface area contributed by atoms with Gasteiger partial charge in [-0.05, 0) is 11.0 Å². The van der Waals surface area contributed by atoms with Gasteiger partial charge in [-0.3, -0.25) is 0 Å². The van der Waals surface area contributed by atoms with Crippen LogP contribution in [0.4, 0.5) is 0 Å². The van der Waals surface area contributed by atoms with Gasteiger partial charge in [0.2, 0.25) is 0 Å². The van der Waals surface area contributed by atoms with Crippen molar-refractivity contribution >= 4 is 39.8 Å². The van der Waals surface area contributed by atoms with Crippen molar-refractivity contribution in [2.24, 2.45) is 0 Å². The second-order valence-electron chi connectivity index (χ2n) is 0.993. The van der Waals surface area contributed by atoms with E-state index in [4.69, 9.17) is 12.2 Å². The van der Waals surface area contributed by atoms with E-state index in [0.717, 1.165) is 4.99 Å². The molecule has 0 amide bonds. The van der Waals surface area contributed by atoms with Crippen LogP contribution in [0.5, 0.6) is 0 Å². The summed E-state index contributed by atoms with van der Waals surface area (Å²) >= 11 is 6.81. The van der Waals surface area contributed by atoms with Crippen LogP contribution < -0.4 is 5.32 Å². The van der Waals surface area contributed by atoms with Crippen LogP contribution >= 0.6 is 34.8 Å². The molecule has 0 atom stereocenters. The summed E-state index contributed by atoms with van der Waals surface area (Å²) in [5.41, 5.74) is 0. The molecule has 0 rings (SSSR count). The third kappa shape index (κ3) is 6.36. The summed E-state index contributed by atoms with van der Waals surface area (Å²) < 4.78 is 1.87. The van der Waals surface area contributed by atoms with Crippen LogP contribution in [0.3, 0.4) is 0 Å². The predicted octanol–water partition coefficient (Wildman–Crippen LogP) is 1.83. The Hall–Kier alpha value is 0.360. The van der Waals surface area contributed by atoms with Gasteiger partial charge in [-0.15, -0.1) is 0 Å². The summed E-state index contributed by atoms with van der Waals surface area (Å²) in [6.45, 7) is 1.84. The van der Waals surface area contributed by atoms with Gasteiger partial charge in [0.05, 0.1) is 4.99 Å². The number of hydrogen-bond acceptors (Lipinski definition) is 1. The van der Waals surface area contributed by atoms with E-state index in [0.29, 0.717) is 0 Å². The van der Waals surface area contributed by atoms with Gasteiger partial charge in [-0.25, -0.2) is 0 Å². The first kappa shape index (κ1) is 7.36. The first-order valence-corrected chi connectivity index (χ1v) is 3.45. The van der Waals surface area contributed by atoms with E-state index in [1.807, 2.05) is 11.0 Å². The highest BCUT2D eigenvalue weighted by Crippen LogP contribution is 1.79. The molecule has 1 N–H and O–H groups in total. The van der Waals surface area contributed by atoms with Crippen LogP contribution in [0, 0.1) is 0 Å². The highest BCUT2D eigenvalue weighted by Gasteiger charge is 1.72. The van der Waals surface area contributed by atoms with Gasteiger partial charge in [-0.1, -0.05) is 34.8 Å². The van der Waals surface area contributed by atoms with Crippen LogP contribution in [-0.4, -0.2) is 4.99 Å². The molecule has 0 aromatic heterocycles. The molecule has 0 aromatic rings. The third-order valence-corrected chi connectivity index (χ3v) is 0.827. The van der Waals surface area contributed by atoms with Gasteiger partial charge in [0.1, 0.15) is 0 Å². The van der Waals surface area contributed by atoms with Crippen molar-refractivity contribution in [3.05, 3.63) is 10.3 Å². The van der Waals surface area contributed by atoms with Gasteiger partial charge >= 0.3 is 0 Å². The molecule has 0 fully saturated rings. The normalized spacial score (nSPS) is 9.43. The number of nitrogens with one attached hydrogen (secondary N) is 1. The van der Waals surface area contributed by atoms with Crippen molar-refractivity contribution in [1.82, 2.24) is 5.32 Å². The van der Waals surface area contributed by atoms with Crippen molar-refractivity contribution in [2.75, 3.05) is 0 Å². The van der Waals surface area contributed by atoms with Crippen molar-refractivity contribution in [1.29, 1.82) is 0 Å². The van der Waals surface area contributed by atoms with Gasteiger partial charge < -0.3 is 5.32 Å². The van der Waals surface area contributed by atoms with E-state index >= 15 is 0 Å². The minimum Gasteiger partial charge on any atom is -0.356 e. The maximum atomic E-state index is 4.70. The van der Waals surface area contributed by atoms with Crippen molar-refractivity contribution in [3.8, 4) is 0 Å². The van der Waals surface area contributed by atoms with Crippen LogP contribution in [0.15, 0.2) is 10.3 Å². The average Bonchev–Trinajstić information content (AvgIpc) is 1.61. The lowest BCUT2D eigenvalue weighted by molar-refractivity contribution is 1.31. The molecule has 0 unspecified atom stereocenters. The molecular formula is C4H6INS. The molecule has 0 saturated heterocycles. The highest BCUT2D eigenvalue weighted by molar-refractivity contribution is 14.1. The standard InChI is InChI=1S/C4H6INS/c1-4(7)6-3-2-5/h2-3H,1H3,(H,6,7)/b3-2-. The summed E-state index contributed by atoms with van der Waals surface area (Å²) in [6, 6.07) is 0. The molecular weight excluding hydrogens is 221 g/mol. The lowest BCUT2D eigenvalue weighted by Crippen LogP contribution is -2.08. The fourth-order valence-corrected chi connectivity index (χ4v) is 0.397. The zero-order chi connectivity index (χ0) is 5.70. The monoisotopic (exact) mass is 227 g/mol. The van der Waals surface area contributed by atoms with Crippen LogP contribution in [0.1, 0.15) is 6.92 Å². The maximum absolute atomic E-state index is 4.70. The smallest absolute Gasteiger partial charge is 0.0761 e. The average molecular weight is 227 g/mol. The Bertz CT molecular complexity index is 89.7. The van der Waals surface area contributed by atoms with Crippen LogP contribution in [0.2, 0.25) is 0 Å². The van der Waals surface area contributed by atoms with Crippen LogP contribution in [0.25, 0.3) is 0 Å². The SMILES string of the molecule is CC(=S)N/C=C\I. The van der Waals surface area contributed by atoms with E-state index in [1.165, 1.54) is 0 Å². The summed E-state index contributed by atoms with van der Waals surface area (Å²) in [5, 5.41) is 2.84. The molecule has 0 bridgehead atoms. The Morgan fingerprint density at radius 1 is 1.86 bits per heavy atom. The van der Waals surface area contributed by atoms with Gasteiger partial charge in [0, 0.05) is 6.20 Å². The Labute approximate surface area is 62.3 Å². The molecule has 0 heterocycles. The Kier molecular flexibility index (Phi) is 4.75. The third-order valence-electron chi connectivity index (χ3n) is 0.350. The topological polar surface area (TPSA) is 12.0 Å². The number of thiocarbonyl (C=S) groups is 1. The van der Waals surface area contributed by atoms with E-state index in [2.05, 4.69) is 27.9 Å². The molecule has 0 aliphatic carbocycles. The summed E-state index contributed by atoms with van der Waals surface area (Å²) in [7, 11) is 0. The minimum absolute atomic E-state index is 0.799. The summed E-state index contributed by atoms with van der Waals surface area (Å²) in [5.74, 6) is 0. The predicted molar refractivity (Wildman–Crippen MR) is 44.6 cm³/mol. The Morgan fingerprint density at radius 3 is 2.57 bits per heavy atom. The Balaban J connectivity index is 3.14. The van der Waals surface area contributed by atoms with E-state index in [9.17, 15) is 0 Å². The highest BCUT2D eigenvalue weighted by atomic mass is 127. The van der Waals surface area contributed by atoms with Crippen LogP contribution in [-0.2, 0) is 0 Å². The zero-order valence-electron chi connectivity index (χ0n) is 3.94. The largest absolute Gasteiger partial charge is 0.356 e. The summed E-state index contributed by atoms with van der Waals surface area (Å²) in [6.07, 6.45) is 1.79. The quantitative estimate of drug-likeness (QED) is 0.541. The van der Waals surface area contributed by atoms with E-state index < -0.39 is 0 Å².